The molecular weight excluding hydrogens is 290 g/mol. The van der Waals surface area contributed by atoms with Crippen molar-refractivity contribution in [3.05, 3.63) is 11.8 Å². The summed E-state index contributed by atoms with van der Waals surface area (Å²) in [4.78, 5) is 39.0. The van der Waals surface area contributed by atoms with Gasteiger partial charge in [-0.1, -0.05) is 0 Å². The lowest BCUT2D eigenvalue weighted by molar-refractivity contribution is -0.190. The number of ether oxygens (including phenoxy) is 2. The molecule has 2 aliphatic rings. The minimum absolute atomic E-state index is 0.117. The Kier molecular flexibility index (Phi) is 3.83. The Labute approximate surface area is 127 Å². The molecule has 0 aromatic carbocycles. The number of hydrogen-bond donors (Lipinski definition) is 0. The van der Waals surface area contributed by atoms with Crippen molar-refractivity contribution >= 4 is 17.9 Å². The van der Waals surface area contributed by atoms with E-state index in [1.807, 2.05) is 6.07 Å². The topological polar surface area (TPSA) is 99.9 Å². The fraction of sp³-hybridized carbons (Fsp3) is 0.571. The fourth-order valence-electron chi connectivity index (χ4n) is 2.79. The first-order valence-electron chi connectivity index (χ1n) is 6.80. The molecule has 1 saturated heterocycles. The van der Waals surface area contributed by atoms with E-state index in [1.54, 1.807) is 6.92 Å². The summed E-state index contributed by atoms with van der Waals surface area (Å²) in [6, 6.07) is 1.25. The predicted octanol–water partition coefficient (Wildman–Crippen LogP) is 0.460. The summed E-state index contributed by atoms with van der Waals surface area (Å²) in [5.41, 5.74) is -1.42. The Morgan fingerprint density at radius 3 is 2.68 bits per heavy atom. The van der Waals surface area contributed by atoms with Crippen molar-refractivity contribution in [3.63, 3.8) is 0 Å². The molecule has 8 heteroatoms. The van der Waals surface area contributed by atoms with Crippen LogP contribution in [0, 0.1) is 23.2 Å². The zero-order chi connectivity index (χ0) is 16.7. The molecule has 118 valence electrons. The van der Waals surface area contributed by atoms with E-state index < -0.39 is 35.5 Å². The predicted molar refractivity (Wildman–Crippen MR) is 72.7 cm³/mol. The summed E-state index contributed by atoms with van der Waals surface area (Å²) in [6.07, 6.45) is 1.28. The van der Waals surface area contributed by atoms with Gasteiger partial charge in [-0.15, -0.1) is 0 Å². The average molecular weight is 307 g/mol. The van der Waals surface area contributed by atoms with Crippen LogP contribution in [0.1, 0.15) is 13.8 Å². The van der Waals surface area contributed by atoms with E-state index in [2.05, 4.69) is 0 Å². The molecule has 3 amide bonds. The Hall–Kier alpha value is -2.56. The highest BCUT2D eigenvalue weighted by Gasteiger charge is 2.60. The Bertz CT molecular complexity index is 608. The number of carbonyl (C=O) groups is 3. The summed E-state index contributed by atoms with van der Waals surface area (Å²) in [5.74, 6) is -3.25. The van der Waals surface area contributed by atoms with Crippen molar-refractivity contribution in [1.82, 2.24) is 9.80 Å². The Morgan fingerprint density at radius 1 is 1.50 bits per heavy atom. The molecule has 22 heavy (non-hydrogen) atoms. The second-order valence-corrected chi connectivity index (χ2v) is 5.29. The van der Waals surface area contributed by atoms with Gasteiger partial charge in [0, 0.05) is 14.1 Å². The molecule has 0 saturated carbocycles. The average Bonchev–Trinajstić information content (AvgIpc) is 2.50. The van der Waals surface area contributed by atoms with Crippen LogP contribution in [0.5, 0.6) is 0 Å². The number of imide groups is 1. The number of nitrogens with zero attached hydrogens (tertiary/aromatic N) is 3. The van der Waals surface area contributed by atoms with E-state index in [0.717, 1.165) is 4.90 Å². The van der Waals surface area contributed by atoms with Gasteiger partial charge in [0.05, 0.1) is 12.5 Å². The van der Waals surface area contributed by atoms with E-state index in [9.17, 15) is 14.4 Å². The van der Waals surface area contributed by atoms with Crippen molar-refractivity contribution in [1.29, 1.82) is 5.26 Å². The number of hydrogen-bond acceptors (Lipinski definition) is 6. The van der Waals surface area contributed by atoms with Crippen LogP contribution in [0.2, 0.25) is 0 Å². The lowest BCUT2D eigenvalue weighted by Crippen LogP contribution is -2.69. The van der Waals surface area contributed by atoms with Gasteiger partial charge in [-0.2, -0.15) is 5.26 Å². The lowest BCUT2D eigenvalue weighted by atomic mass is 9.78. The maximum atomic E-state index is 12.5. The largest absolute Gasteiger partial charge is 0.466 e. The third-order valence-corrected chi connectivity index (χ3v) is 4.09. The zero-order valence-electron chi connectivity index (χ0n) is 12.8. The van der Waals surface area contributed by atoms with E-state index in [1.165, 1.54) is 32.0 Å². The third-order valence-electron chi connectivity index (χ3n) is 4.09. The maximum Gasteiger partial charge on any atom is 0.329 e. The van der Waals surface area contributed by atoms with Crippen molar-refractivity contribution in [3.8, 4) is 6.07 Å². The van der Waals surface area contributed by atoms with Crippen LogP contribution in [-0.4, -0.2) is 54.1 Å². The summed E-state index contributed by atoms with van der Waals surface area (Å²) < 4.78 is 10.5. The summed E-state index contributed by atoms with van der Waals surface area (Å²) in [6.45, 7) is 3.31. The van der Waals surface area contributed by atoms with E-state index in [0.29, 0.717) is 0 Å². The molecule has 2 aliphatic heterocycles. The molecule has 2 heterocycles. The molecule has 0 radical (unpaired) electrons. The minimum atomic E-state index is -1.42. The molecule has 0 aromatic heterocycles. The van der Waals surface area contributed by atoms with Gasteiger partial charge >= 0.3 is 12.0 Å². The number of carbonyl (C=O) groups excluding carboxylic acids is 3. The van der Waals surface area contributed by atoms with Crippen LogP contribution in [0.4, 0.5) is 4.79 Å². The van der Waals surface area contributed by atoms with Gasteiger partial charge in [0.15, 0.2) is 11.5 Å². The van der Waals surface area contributed by atoms with Gasteiger partial charge in [-0.3, -0.25) is 19.4 Å². The van der Waals surface area contributed by atoms with Crippen molar-refractivity contribution in [2.45, 2.75) is 19.6 Å². The van der Waals surface area contributed by atoms with Gasteiger partial charge in [-0.25, -0.2) is 4.79 Å². The highest BCUT2D eigenvalue weighted by Crippen LogP contribution is 2.43. The fourth-order valence-corrected chi connectivity index (χ4v) is 2.79. The molecule has 2 rings (SSSR count). The van der Waals surface area contributed by atoms with Crippen molar-refractivity contribution in [2.75, 3.05) is 20.7 Å². The van der Waals surface area contributed by atoms with E-state index in [-0.39, 0.29) is 12.4 Å². The van der Waals surface area contributed by atoms with Gasteiger partial charge in [-0.05, 0) is 19.9 Å². The molecule has 0 bridgehead atoms. The van der Waals surface area contributed by atoms with Crippen LogP contribution in [0.3, 0.4) is 0 Å². The monoisotopic (exact) mass is 307 g/mol. The smallest absolute Gasteiger partial charge is 0.329 e. The van der Waals surface area contributed by atoms with Gasteiger partial charge in [0.1, 0.15) is 12.0 Å². The lowest BCUT2D eigenvalue weighted by Gasteiger charge is -2.51. The molecule has 8 nitrogen and oxygen atoms in total. The van der Waals surface area contributed by atoms with Gasteiger partial charge in [0.25, 0.3) is 0 Å². The molecule has 0 N–H and O–H groups in total. The van der Waals surface area contributed by atoms with Crippen molar-refractivity contribution < 1.29 is 23.9 Å². The zero-order valence-corrected chi connectivity index (χ0v) is 12.8. The summed E-state index contributed by atoms with van der Waals surface area (Å²) in [5, 5.41) is 9.10. The SMILES string of the molecule is CCOC(=O)[C@@H]1C=C(C#N)O[C@@]2(C)[C@@H]1C(=O)N(C)C(=O)N2C. The first-order valence-corrected chi connectivity index (χ1v) is 6.80. The number of fused-ring (bicyclic) bond motifs is 1. The maximum absolute atomic E-state index is 12.5. The van der Waals surface area contributed by atoms with Gasteiger partial charge in [0.2, 0.25) is 5.91 Å². The van der Waals surface area contributed by atoms with Crippen LogP contribution >= 0.6 is 0 Å². The quantitative estimate of drug-likeness (QED) is 0.687. The molecule has 1 fully saturated rings. The first kappa shape index (κ1) is 15.8. The number of allylic oxidation sites excluding steroid dienone is 1. The highest BCUT2D eigenvalue weighted by atomic mass is 16.5. The molecule has 0 aliphatic carbocycles. The van der Waals surface area contributed by atoms with E-state index >= 15 is 0 Å². The Morgan fingerprint density at radius 2 is 2.14 bits per heavy atom. The number of urea groups is 1. The number of amides is 3. The summed E-state index contributed by atoms with van der Waals surface area (Å²) in [7, 11) is 2.80. The van der Waals surface area contributed by atoms with Crippen LogP contribution in [0.15, 0.2) is 11.8 Å². The number of nitriles is 1. The van der Waals surface area contributed by atoms with E-state index in [4.69, 9.17) is 14.7 Å². The van der Waals surface area contributed by atoms with Gasteiger partial charge < -0.3 is 9.47 Å². The standard InChI is InChI=1S/C14H17N3O5/c1-5-21-12(19)9-6-8(7-15)22-14(2)10(9)11(18)16(3)13(20)17(14)4/h6,9-10H,5H2,1-4H3/t9-,10+,14+/m1/s1. The normalized spacial score (nSPS) is 31.0. The van der Waals surface area contributed by atoms with Crippen LogP contribution in [-0.2, 0) is 19.1 Å². The Balaban J connectivity index is 2.56. The number of esters is 1. The second kappa shape index (κ2) is 5.33. The molecule has 0 aromatic rings. The second-order valence-electron chi connectivity index (χ2n) is 5.29. The van der Waals surface area contributed by atoms with Crippen molar-refractivity contribution in [2.24, 2.45) is 11.8 Å². The summed E-state index contributed by atoms with van der Waals surface area (Å²) >= 11 is 0. The molecule has 3 atom stereocenters. The van der Waals surface area contributed by atoms with Crippen LogP contribution < -0.4 is 0 Å². The first-order chi connectivity index (χ1) is 10.3. The molecule has 0 spiro atoms. The number of rotatable bonds is 2. The van der Waals surface area contributed by atoms with Crippen LogP contribution in [0.25, 0.3) is 0 Å². The third kappa shape index (κ3) is 2.09. The molecule has 0 unspecified atom stereocenters. The highest BCUT2D eigenvalue weighted by molar-refractivity contribution is 6.01. The molecular formula is C14H17N3O5. The minimum Gasteiger partial charge on any atom is -0.466 e.